The zero-order valence-electron chi connectivity index (χ0n) is 15.7. The van der Waals surface area contributed by atoms with Gasteiger partial charge in [-0.3, -0.25) is 9.48 Å². The van der Waals surface area contributed by atoms with Crippen LogP contribution in [0.5, 0.6) is 11.5 Å². The number of ether oxygens (including phenoxy) is 2. The average molecular weight is 370 g/mol. The molecule has 1 aliphatic carbocycles. The number of hydrogen-bond donors (Lipinski definition) is 0. The molecule has 1 aromatic carbocycles. The second kappa shape index (κ2) is 7.98. The van der Waals surface area contributed by atoms with E-state index in [1.54, 1.807) is 18.1 Å². The van der Waals surface area contributed by atoms with E-state index in [0.717, 1.165) is 12.3 Å². The highest BCUT2D eigenvalue weighted by Gasteiger charge is 2.25. The molecule has 7 nitrogen and oxygen atoms in total. The monoisotopic (exact) mass is 370 g/mol. The molecule has 0 N–H and O–H groups in total. The van der Waals surface area contributed by atoms with E-state index in [4.69, 9.17) is 9.47 Å². The number of benzene rings is 1. The van der Waals surface area contributed by atoms with E-state index in [2.05, 4.69) is 10.3 Å². The Morgan fingerprint density at radius 2 is 2.00 bits per heavy atom. The van der Waals surface area contributed by atoms with E-state index in [1.165, 1.54) is 32.1 Å². The maximum atomic E-state index is 12.7. The summed E-state index contributed by atoms with van der Waals surface area (Å²) < 4.78 is 13.5. The van der Waals surface area contributed by atoms with E-state index in [-0.39, 0.29) is 12.0 Å². The Bertz CT molecular complexity index is 785. The second-order valence-electron chi connectivity index (χ2n) is 7.51. The summed E-state index contributed by atoms with van der Waals surface area (Å²) in [7, 11) is 1.76. The van der Waals surface area contributed by atoms with Crippen LogP contribution in [0.3, 0.4) is 0 Å². The number of amides is 1. The summed E-state index contributed by atoms with van der Waals surface area (Å²) in [5, 5.41) is 8.23. The van der Waals surface area contributed by atoms with E-state index in [1.807, 2.05) is 28.9 Å². The normalized spacial score (nSPS) is 19.7. The van der Waals surface area contributed by atoms with Crippen LogP contribution in [0.15, 0.2) is 30.5 Å². The Balaban J connectivity index is 1.33. The fraction of sp³-hybridized carbons (Fsp3) is 0.550. The highest BCUT2D eigenvalue weighted by Crippen LogP contribution is 2.31. The molecule has 0 radical (unpaired) electrons. The number of carbonyl (C=O) groups is 1. The third-order valence-electron chi connectivity index (χ3n) is 5.32. The standard InChI is InChI=1S/C20H26N4O3/c1-23(12-16-14-26-18-9-5-6-10-19(18)27-16)20(25)17-13-24(22-21-17)11-15-7-3-2-4-8-15/h5-6,9-10,13,15-16H,2-4,7-8,11-12,14H2,1H3/t16-/m0/s1. The molecule has 0 bridgehead atoms. The van der Waals surface area contributed by atoms with E-state index in [0.29, 0.717) is 30.5 Å². The van der Waals surface area contributed by atoms with Gasteiger partial charge in [-0.15, -0.1) is 5.10 Å². The number of nitrogens with zero attached hydrogens (tertiary/aromatic N) is 4. The fourth-order valence-corrected chi connectivity index (χ4v) is 3.86. The van der Waals surface area contributed by atoms with Crippen LogP contribution in [0.2, 0.25) is 0 Å². The molecule has 2 heterocycles. The number of aromatic nitrogens is 3. The van der Waals surface area contributed by atoms with Gasteiger partial charge in [0, 0.05) is 13.6 Å². The fourth-order valence-electron chi connectivity index (χ4n) is 3.86. The number of rotatable bonds is 5. The summed E-state index contributed by atoms with van der Waals surface area (Å²) in [6, 6.07) is 7.57. The van der Waals surface area contributed by atoms with Gasteiger partial charge in [0.1, 0.15) is 6.61 Å². The quantitative estimate of drug-likeness (QED) is 0.809. The van der Waals surface area contributed by atoms with E-state index < -0.39 is 0 Å². The van der Waals surface area contributed by atoms with Crippen molar-refractivity contribution in [1.29, 1.82) is 0 Å². The second-order valence-corrected chi connectivity index (χ2v) is 7.51. The molecule has 0 saturated heterocycles. The SMILES string of the molecule is CN(C[C@H]1COc2ccccc2O1)C(=O)c1cn(CC2CCCCC2)nn1. The Morgan fingerprint density at radius 3 is 2.81 bits per heavy atom. The van der Waals surface area contributed by atoms with Gasteiger partial charge in [0.15, 0.2) is 23.3 Å². The van der Waals surface area contributed by atoms with Crippen molar-refractivity contribution < 1.29 is 14.3 Å². The molecule has 1 saturated carbocycles. The molecule has 1 atom stereocenters. The van der Waals surface area contributed by atoms with Crippen molar-refractivity contribution in [2.75, 3.05) is 20.2 Å². The van der Waals surface area contributed by atoms with E-state index >= 15 is 0 Å². The maximum Gasteiger partial charge on any atom is 0.275 e. The first-order valence-corrected chi connectivity index (χ1v) is 9.73. The zero-order chi connectivity index (χ0) is 18.6. The average Bonchev–Trinajstić information content (AvgIpc) is 3.16. The molecule has 0 unspecified atom stereocenters. The van der Waals surface area contributed by atoms with Crippen LogP contribution in [0.4, 0.5) is 0 Å². The summed E-state index contributed by atoms with van der Waals surface area (Å²) >= 11 is 0. The Kier molecular flexibility index (Phi) is 5.27. The molecule has 1 aliphatic heterocycles. The summed E-state index contributed by atoms with van der Waals surface area (Å²) in [6.45, 7) is 1.70. The maximum absolute atomic E-state index is 12.7. The molecular formula is C20H26N4O3. The van der Waals surface area contributed by atoms with Crippen molar-refractivity contribution in [1.82, 2.24) is 19.9 Å². The first-order valence-electron chi connectivity index (χ1n) is 9.73. The Labute approximate surface area is 159 Å². The largest absolute Gasteiger partial charge is 0.486 e. The molecule has 27 heavy (non-hydrogen) atoms. The van der Waals surface area contributed by atoms with E-state index in [9.17, 15) is 4.79 Å². The van der Waals surface area contributed by atoms with Crippen LogP contribution in [0.1, 0.15) is 42.6 Å². The molecule has 2 aromatic rings. The van der Waals surface area contributed by atoms with Crippen molar-refractivity contribution >= 4 is 5.91 Å². The smallest absolute Gasteiger partial charge is 0.275 e. The first kappa shape index (κ1) is 17.8. The number of hydrogen-bond acceptors (Lipinski definition) is 5. The predicted molar refractivity (Wildman–Crippen MR) is 99.9 cm³/mol. The third-order valence-corrected chi connectivity index (χ3v) is 5.32. The summed E-state index contributed by atoms with van der Waals surface area (Å²) in [6.07, 6.45) is 7.96. The van der Waals surface area contributed by atoms with Gasteiger partial charge in [0.2, 0.25) is 0 Å². The van der Waals surface area contributed by atoms with Gasteiger partial charge in [-0.25, -0.2) is 0 Å². The lowest BCUT2D eigenvalue weighted by molar-refractivity contribution is 0.0517. The van der Waals surface area contributed by atoms with Crippen molar-refractivity contribution in [3.05, 3.63) is 36.2 Å². The molecule has 2 aliphatic rings. The van der Waals surface area contributed by atoms with Crippen molar-refractivity contribution in [3.8, 4) is 11.5 Å². The minimum absolute atomic E-state index is 0.146. The lowest BCUT2D eigenvalue weighted by atomic mass is 9.89. The third kappa shape index (κ3) is 4.23. The van der Waals surface area contributed by atoms with Crippen LogP contribution < -0.4 is 9.47 Å². The van der Waals surface area contributed by atoms with Gasteiger partial charge < -0.3 is 14.4 Å². The molecule has 0 spiro atoms. The minimum Gasteiger partial charge on any atom is -0.486 e. The molecule has 7 heteroatoms. The molecule has 1 fully saturated rings. The highest BCUT2D eigenvalue weighted by atomic mass is 16.6. The number of carbonyl (C=O) groups excluding carboxylic acids is 1. The number of fused-ring (bicyclic) bond motifs is 1. The van der Waals surface area contributed by atoms with Gasteiger partial charge >= 0.3 is 0 Å². The van der Waals surface area contributed by atoms with Gasteiger partial charge in [-0.1, -0.05) is 36.6 Å². The van der Waals surface area contributed by atoms with Gasteiger partial charge in [0.25, 0.3) is 5.91 Å². The van der Waals surface area contributed by atoms with Crippen molar-refractivity contribution in [2.24, 2.45) is 5.92 Å². The molecule has 144 valence electrons. The van der Waals surface area contributed by atoms with Crippen LogP contribution in [0.25, 0.3) is 0 Å². The zero-order valence-corrected chi connectivity index (χ0v) is 15.7. The highest BCUT2D eigenvalue weighted by molar-refractivity contribution is 5.91. The summed E-state index contributed by atoms with van der Waals surface area (Å²) in [4.78, 5) is 14.3. The van der Waals surface area contributed by atoms with Gasteiger partial charge in [-0.05, 0) is 30.9 Å². The van der Waals surface area contributed by atoms with Gasteiger partial charge in [0.05, 0.1) is 12.7 Å². The molecule has 1 amide bonds. The van der Waals surface area contributed by atoms with Crippen LogP contribution in [-0.4, -0.2) is 52.1 Å². The van der Waals surface area contributed by atoms with Crippen molar-refractivity contribution in [3.63, 3.8) is 0 Å². The Hall–Kier alpha value is -2.57. The van der Waals surface area contributed by atoms with Crippen LogP contribution in [-0.2, 0) is 6.54 Å². The molecule has 1 aromatic heterocycles. The number of para-hydroxylation sites is 2. The molecular weight excluding hydrogens is 344 g/mol. The molecule has 4 rings (SSSR count). The Morgan fingerprint density at radius 1 is 1.22 bits per heavy atom. The van der Waals surface area contributed by atoms with Crippen molar-refractivity contribution in [2.45, 2.75) is 44.8 Å². The minimum atomic E-state index is -0.203. The summed E-state index contributed by atoms with van der Waals surface area (Å²) in [5.41, 5.74) is 0.380. The van der Waals surface area contributed by atoms with Gasteiger partial charge in [-0.2, -0.15) is 0 Å². The summed E-state index contributed by atoms with van der Waals surface area (Å²) in [5.74, 6) is 1.96. The predicted octanol–water partition coefficient (Wildman–Crippen LogP) is 2.77. The topological polar surface area (TPSA) is 69.5 Å². The number of likely N-dealkylation sites (N-methyl/N-ethyl adjacent to an activating group) is 1. The van der Waals surface area contributed by atoms with Crippen LogP contribution >= 0.6 is 0 Å². The lowest BCUT2D eigenvalue weighted by Gasteiger charge is -2.29. The van der Waals surface area contributed by atoms with Crippen LogP contribution in [0, 0.1) is 5.92 Å². The lowest BCUT2D eigenvalue weighted by Crippen LogP contribution is -2.41. The first-order chi connectivity index (χ1) is 13.2.